The largest absolute Gasteiger partial charge is 0.467 e. The van der Waals surface area contributed by atoms with Crippen molar-refractivity contribution in [3.8, 4) is 0 Å². The fourth-order valence-electron chi connectivity index (χ4n) is 2.04. The summed E-state index contributed by atoms with van der Waals surface area (Å²) in [6.45, 7) is 3.30. The summed E-state index contributed by atoms with van der Waals surface area (Å²) in [5.41, 5.74) is 0. The third-order valence-corrected chi connectivity index (χ3v) is 3.55. The predicted octanol–water partition coefficient (Wildman–Crippen LogP) is 1.28. The fourth-order valence-corrected chi connectivity index (χ4v) is 2.17. The van der Waals surface area contributed by atoms with Crippen molar-refractivity contribution >= 4 is 70.9 Å². The molecule has 0 spiro atoms. The molecule has 0 aromatic heterocycles. The first-order chi connectivity index (χ1) is 13.7. The first kappa shape index (κ1) is 27.9. The van der Waals surface area contributed by atoms with Crippen LogP contribution in [0.1, 0.15) is 27.7 Å². The Morgan fingerprint density at radius 3 is 1.67 bits per heavy atom. The van der Waals surface area contributed by atoms with Gasteiger partial charge in [0.1, 0.15) is 6.61 Å². The maximum absolute atomic E-state index is 11.6. The number of halogens is 3. The summed E-state index contributed by atoms with van der Waals surface area (Å²) in [6.07, 6.45) is -6.72. The second-order valence-electron chi connectivity index (χ2n) is 5.64. The normalized spacial score (nSPS) is 14.9. The van der Waals surface area contributed by atoms with Gasteiger partial charge in [-0.15, -0.1) is 0 Å². The van der Waals surface area contributed by atoms with Gasteiger partial charge in [-0.05, 0) is 0 Å². The van der Waals surface area contributed by atoms with Crippen LogP contribution in [0.25, 0.3) is 0 Å². The minimum absolute atomic E-state index is 0.120. The van der Waals surface area contributed by atoms with Crippen molar-refractivity contribution in [1.29, 1.82) is 5.41 Å². The van der Waals surface area contributed by atoms with E-state index in [1.165, 1.54) is 0 Å². The van der Waals surface area contributed by atoms with Gasteiger partial charge in [0.05, 0.1) is 0 Å². The van der Waals surface area contributed by atoms with E-state index in [0.29, 0.717) is 0 Å². The molecule has 0 aliphatic heterocycles. The molecule has 0 amide bonds. The van der Waals surface area contributed by atoms with E-state index in [2.05, 4.69) is 0 Å². The van der Waals surface area contributed by atoms with Crippen molar-refractivity contribution in [1.82, 2.24) is 0 Å². The average Bonchev–Trinajstić information content (AvgIpc) is 2.57. The van der Waals surface area contributed by atoms with Crippen LogP contribution in [0.4, 0.5) is 0 Å². The van der Waals surface area contributed by atoms with Crippen LogP contribution < -0.4 is 0 Å². The lowest BCUT2D eigenvalue weighted by molar-refractivity contribution is -0.194. The molecule has 0 saturated heterocycles. The van der Waals surface area contributed by atoms with Crippen molar-refractivity contribution in [2.75, 3.05) is 6.61 Å². The van der Waals surface area contributed by atoms with E-state index < -0.39 is 64.6 Å². The second-order valence-corrected chi connectivity index (χ2v) is 7.93. The van der Waals surface area contributed by atoms with Crippen LogP contribution in [0, 0.1) is 5.41 Å². The molecule has 1 N–H and O–H groups in total. The molecule has 0 fully saturated rings. The molecule has 11 nitrogen and oxygen atoms in total. The first-order valence-corrected chi connectivity index (χ1v) is 9.25. The number of alkyl halides is 3. The highest BCUT2D eigenvalue weighted by Crippen LogP contribution is 2.29. The van der Waals surface area contributed by atoms with Crippen molar-refractivity contribution in [2.24, 2.45) is 0 Å². The third kappa shape index (κ3) is 10.6. The monoisotopic (exact) mass is 491 g/mol. The third-order valence-electron chi connectivity index (χ3n) is 3.03. The quantitative estimate of drug-likeness (QED) is 0.118. The molecular weight excluding hydrogens is 473 g/mol. The number of carbonyl (C=O) groups is 5. The molecule has 0 bridgehead atoms. The Hall–Kier alpha value is -2.11. The molecule has 0 unspecified atom stereocenters. The van der Waals surface area contributed by atoms with Crippen LogP contribution in [0.2, 0.25) is 0 Å². The average molecular weight is 493 g/mol. The Morgan fingerprint density at radius 2 is 1.30 bits per heavy atom. The van der Waals surface area contributed by atoms with Crippen LogP contribution in [0.5, 0.6) is 0 Å². The molecule has 0 heterocycles. The Labute approximate surface area is 186 Å². The zero-order valence-corrected chi connectivity index (χ0v) is 18.6. The molecule has 170 valence electrons. The lowest BCUT2D eigenvalue weighted by Gasteiger charge is -2.34. The van der Waals surface area contributed by atoms with Crippen LogP contribution >= 0.6 is 34.8 Å². The highest BCUT2D eigenvalue weighted by Gasteiger charge is 2.45. The number of rotatable bonds is 10. The molecule has 14 heteroatoms. The maximum Gasteiger partial charge on any atom is 0.303 e. The highest BCUT2D eigenvalue weighted by atomic mass is 35.6. The fraction of sp³-hybridized carbons (Fsp3) is 0.625. The number of hydrogen-bond donors (Lipinski definition) is 1. The summed E-state index contributed by atoms with van der Waals surface area (Å²) >= 11 is 16.7. The van der Waals surface area contributed by atoms with Gasteiger partial charge in [0.15, 0.2) is 30.7 Å². The van der Waals surface area contributed by atoms with Gasteiger partial charge in [-0.2, -0.15) is 0 Å². The zero-order chi connectivity index (χ0) is 23.6. The smallest absolute Gasteiger partial charge is 0.303 e. The van der Waals surface area contributed by atoms with E-state index in [0.717, 1.165) is 27.7 Å². The molecule has 0 aromatic rings. The maximum atomic E-state index is 11.6. The van der Waals surface area contributed by atoms with E-state index in [-0.39, 0.29) is 6.29 Å². The van der Waals surface area contributed by atoms with Gasteiger partial charge in [-0.25, -0.2) is 0 Å². The number of carbonyl (C=O) groups excluding carboxylic acids is 5. The van der Waals surface area contributed by atoms with Gasteiger partial charge >= 0.3 is 23.9 Å². The summed E-state index contributed by atoms with van der Waals surface area (Å²) in [7, 11) is 0. The van der Waals surface area contributed by atoms with Crippen molar-refractivity contribution in [2.45, 2.75) is 55.9 Å². The Balaban J connectivity index is 6.26. The number of ether oxygens (including phenoxy) is 5. The standard InChI is InChI=1S/C16H20Cl3NO10/c1-7(22)26-6-12(30-15(20)16(17,18)19)14(29-10(4)25)13(28-9(3)24)11(5-21)27-8(2)23/h5,11-14,20H,6H2,1-4H3/t11-,12+,13+,14-/m0/s1. The minimum atomic E-state index is -2.36. The predicted molar refractivity (Wildman–Crippen MR) is 102 cm³/mol. The Kier molecular flexibility index (Phi) is 11.7. The minimum Gasteiger partial charge on any atom is -0.467 e. The van der Waals surface area contributed by atoms with E-state index in [9.17, 15) is 24.0 Å². The molecule has 0 saturated carbocycles. The SMILES string of the molecule is CC(=O)OC[C@@H](OC(=N)C(Cl)(Cl)Cl)[C@H](OC(C)=O)[C@H](OC(C)=O)[C@H](C=O)OC(C)=O. The molecule has 0 aromatic carbocycles. The number of esters is 4. The van der Waals surface area contributed by atoms with E-state index in [4.69, 9.17) is 63.9 Å². The highest BCUT2D eigenvalue weighted by molar-refractivity contribution is 6.76. The van der Waals surface area contributed by atoms with Crippen LogP contribution in [-0.4, -0.2) is 70.9 Å². The summed E-state index contributed by atoms with van der Waals surface area (Å²) < 4.78 is 22.5. The van der Waals surface area contributed by atoms with E-state index >= 15 is 0 Å². The van der Waals surface area contributed by atoms with Crippen molar-refractivity contribution < 1.29 is 47.7 Å². The van der Waals surface area contributed by atoms with Gasteiger partial charge in [-0.1, -0.05) is 34.8 Å². The molecule has 0 rings (SSSR count). The van der Waals surface area contributed by atoms with Gasteiger partial charge in [0.2, 0.25) is 5.90 Å². The Morgan fingerprint density at radius 1 is 0.833 bits per heavy atom. The number of hydrogen-bond acceptors (Lipinski definition) is 11. The van der Waals surface area contributed by atoms with Gasteiger partial charge in [0.25, 0.3) is 3.79 Å². The van der Waals surface area contributed by atoms with Gasteiger partial charge < -0.3 is 23.7 Å². The van der Waals surface area contributed by atoms with E-state index in [1.807, 2.05) is 0 Å². The number of nitrogens with one attached hydrogen (secondary N) is 1. The van der Waals surface area contributed by atoms with Gasteiger partial charge in [-0.3, -0.25) is 29.4 Å². The lowest BCUT2D eigenvalue weighted by atomic mass is 10.0. The van der Waals surface area contributed by atoms with Crippen LogP contribution in [0.3, 0.4) is 0 Å². The molecule has 30 heavy (non-hydrogen) atoms. The summed E-state index contributed by atoms with van der Waals surface area (Å²) in [4.78, 5) is 57.3. The number of aldehydes is 1. The molecular formula is C16H20Cl3NO10. The van der Waals surface area contributed by atoms with E-state index in [1.54, 1.807) is 0 Å². The molecule has 0 radical (unpaired) electrons. The van der Waals surface area contributed by atoms with Gasteiger partial charge in [0, 0.05) is 27.7 Å². The second kappa shape index (κ2) is 12.6. The van der Waals surface area contributed by atoms with Crippen molar-refractivity contribution in [3.05, 3.63) is 0 Å². The topological polar surface area (TPSA) is 155 Å². The summed E-state index contributed by atoms with van der Waals surface area (Å²) in [5.74, 6) is -4.56. The summed E-state index contributed by atoms with van der Waals surface area (Å²) in [5, 5.41) is 7.72. The molecule has 4 atom stereocenters. The Bertz CT molecular complexity index is 679. The van der Waals surface area contributed by atoms with Crippen molar-refractivity contribution in [3.63, 3.8) is 0 Å². The zero-order valence-electron chi connectivity index (χ0n) is 16.3. The molecule has 0 aliphatic rings. The lowest BCUT2D eigenvalue weighted by Crippen LogP contribution is -2.54. The summed E-state index contributed by atoms with van der Waals surface area (Å²) in [6, 6.07) is 0. The first-order valence-electron chi connectivity index (χ1n) is 8.11. The van der Waals surface area contributed by atoms with Crippen LogP contribution in [0.15, 0.2) is 0 Å². The van der Waals surface area contributed by atoms with Crippen LogP contribution in [-0.2, 0) is 47.7 Å². The molecule has 0 aliphatic carbocycles.